The van der Waals surface area contributed by atoms with Gasteiger partial charge in [0.2, 0.25) is 5.91 Å². The van der Waals surface area contributed by atoms with Crippen molar-refractivity contribution in [2.24, 2.45) is 5.92 Å². The Balaban J connectivity index is 1.92. The Hall–Kier alpha value is -1.88. The molecule has 2 rings (SSSR count). The Morgan fingerprint density at radius 2 is 2.16 bits per heavy atom. The summed E-state index contributed by atoms with van der Waals surface area (Å²) in [5, 5.41) is 11.5. The number of hydrogen-bond acceptors (Lipinski definition) is 3. The first-order chi connectivity index (χ1) is 9.08. The normalized spacial score (nSPS) is 21.5. The number of benzene rings is 1. The first kappa shape index (κ1) is 13.5. The highest BCUT2D eigenvalue weighted by Crippen LogP contribution is 2.30. The van der Waals surface area contributed by atoms with Gasteiger partial charge in [0, 0.05) is 18.7 Å². The Bertz CT molecular complexity index is 480. The number of carbonyl (C=O) groups excluding carboxylic acids is 1. The van der Waals surface area contributed by atoms with Crippen molar-refractivity contribution < 1.29 is 19.4 Å². The Labute approximate surface area is 111 Å². The van der Waals surface area contributed by atoms with E-state index < -0.39 is 5.97 Å². The minimum Gasteiger partial charge on any atom is -0.481 e. The number of methoxy groups -OCH3 is 1. The van der Waals surface area contributed by atoms with Crippen LogP contribution in [0.5, 0.6) is 0 Å². The summed E-state index contributed by atoms with van der Waals surface area (Å²) in [6.07, 6.45) is 1.64. The molecule has 0 radical (unpaired) electrons. The van der Waals surface area contributed by atoms with Gasteiger partial charge >= 0.3 is 5.97 Å². The molecule has 1 aromatic carbocycles. The molecule has 1 fully saturated rings. The molecule has 1 aromatic rings. The fourth-order valence-corrected chi connectivity index (χ4v) is 2.15. The van der Waals surface area contributed by atoms with Crippen LogP contribution in [0.25, 0.3) is 0 Å². The van der Waals surface area contributed by atoms with E-state index in [1.807, 2.05) is 0 Å². The number of carboxylic acid groups (broad SMARTS) is 1. The molecule has 0 unspecified atom stereocenters. The van der Waals surface area contributed by atoms with Gasteiger partial charge in [-0.15, -0.1) is 0 Å². The van der Waals surface area contributed by atoms with Crippen LogP contribution in [0.1, 0.15) is 18.4 Å². The lowest BCUT2D eigenvalue weighted by atomic mass is 9.81. The molecule has 1 aliphatic rings. The van der Waals surface area contributed by atoms with E-state index in [0.717, 1.165) is 12.8 Å². The molecule has 1 amide bonds. The molecule has 0 bridgehead atoms. The fraction of sp³-hybridized carbons (Fsp3) is 0.429. The van der Waals surface area contributed by atoms with E-state index in [-0.39, 0.29) is 24.3 Å². The molecular weight excluding hydrogens is 246 g/mol. The number of rotatable bonds is 5. The maximum atomic E-state index is 11.9. The third-order valence-electron chi connectivity index (χ3n) is 3.35. The van der Waals surface area contributed by atoms with Gasteiger partial charge in [0.25, 0.3) is 0 Å². The molecule has 0 aromatic heterocycles. The molecule has 102 valence electrons. The topological polar surface area (TPSA) is 75.6 Å². The first-order valence-corrected chi connectivity index (χ1v) is 6.23. The van der Waals surface area contributed by atoms with E-state index in [0.29, 0.717) is 11.3 Å². The van der Waals surface area contributed by atoms with Gasteiger partial charge in [-0.1, -0.05) is 12.1 Å². The van der Waals surface area contributed by atoms with Crippen molar-refractivity contribution >= 4 is 17.6 Å². The van der Waals surface area contributed by atoms with Crippen LogP contribution in [-0.2, 0) is 20.7 Å². The number of amides is 1. The van der Waals surface area contributed by atoms with E-state index in [4.69, 9.17) is 9.84 Å². The highest BCUT2D eigenvalue weighted by molar-refractivity contribution is 5.93. The number of hydrogen-bond donors (Lipinski definition) is 2. The molecule has 0 heterocycles. The number of ether oxygens (including phenoxy) is 1. The average molecular weight is 263 g/mol. The standard InChI is InChI=1S/C14H17NO4/c1-19-12-7-10(8-12)14(18)15-11-4-2-3-9(5-11)6-13(16)17/h2-5,10,12H,6-8H2,1H3,(H,15,18)(H,16,17). The van der Waals surface area contributed by atoms with Crippen LogP contribution in [0.15, 0.2) is 24.3 Å². The zero-order valence-corrected chi connectivity index (χ0v) is 10.8. The average Bonchev–Trinajstić information content (AvgIpc) is 2.26. The van der Waals surface area contributed by atoms with Crippen LogP contribution in [0.4, 0.5) is 5.69 Å². The van der Waals surface area contributed by atoms with Gasteiger partial charge in [0.15, 0.2) is 0 Å². The van der Waals surface area contributed by atoms with Crippen LogP contribution in [0.3, 0.4) is 0 Å². The number of carbonyl (C=O) groups is 2. The maximum absolute atomic E-state index is 11.9. The van der Waals surface area contributed by atoms with Crippen LogP contribution in [0, 0.1) is 5.92 Å². The molecule has 1 saturated carbocycles. The van der Waals surface area contributed by atoms with Crippen LogP contribution in [0.2, 0.25) is 0 Å². The van der Waals surface area contributed by atoms with Crippen LogP contribution < -0.4 is 5.32 Å². The number of aliphatic carboxylic acids is 1. The summed E-state index contributed by atoms with van der Waals surface area (Å²) in [6.45, 7) is 0. The minimum absolute atomic E-state index is 0.00641. The molecule has 0 aliphatic heterocycles. The smallest absolute Gasteiger partial charge is 0.307 e. The van der Waals surface area contributed by atoms with E-state index >= 15 is 0 Å². The fourth-order valence-electron chi connectivity index (χ4n) is 2.15. The van der Waals surface area contributed by atoms with E-state index in [1.165, 1.54) is 0 Å². The van der Waals surface area contributed by atoms with Crippen molar-refractivity contribution in [1.82, 2.24) is 0 Å². The molecular formula is C14H17NO4. The minimum atomic E-state index is -0.884. The summed E-state index contributed by atoms with van der Waals surface area (Å²) in [6, 6.07) is 6.93. The lowest BCUT2D eigenvalue weighted by molar-refractivity contribution is -0.136. The molecule has 2 N–H and O–H groups in total. The lowest BCUT2D eigenvalue weighted by Crippen LogP contribution is -2.38. The number of nitrogens with one attached hydrogen (secondary N) is 1. The van der Waals surface area contributed by atoms with Gasteiger partial charge in [0.05, 0.1) is 12.5 Å². The quantitative estimate of drug-likeness (QED) is 0.847. The van der Waals surface area contributed by atoms with Crippen molar-refractivity contribution in [3.05, 3.63) is 29.8 Å². The highest BCUT2D eigenvalue weighted by atomic mass is 16.5. The predicted molar refractivity (Wildman–Crippen MR) is 69.9 cm³/mol. The molecule has 0 atom stereocenters. The van der Waals surface area contributed by atoms with E-state index in [1.54, 1.807) is 31.4 Å². The summed E-state index contributed by atoms with van der Waals surface area (Å²) in [4.78, 5) is 22.5. The molecule has 0 spiro atoms. The zero-order chi connectivity index (χ0) is 13.8. The maximum Gasteiger partial charge on any atom is 0.307 e. The van der Waals surface area contributed by atoms with Crippen molar-refractivity contribution in [1.29, 1.82) is 0 Å². The summed E-state index contributed by atoms with van der Waals surface area (Å²) >= 11 is 0. The predicted octanol–water partition coefficient (Wildman–Crippen LogP) is 1.68. The van der Waals surface area contributed by atoms with Crippen LogP contribution in [-0.4, -0.2) is 30.2 Å². The Morgan fingerprint density at radius 1 is 1.42 bits per heavy atom. The van der Waals surface area contributed by atoms with Crippen molar-refractivity contribution in [2.75, 3.05) is 12.4 Å². The molecule has 0 saturated heterocycles. The first-order valence-electron chi connectivity index (χ1n) is 6.23. The Morgan fingerprint density at radius 3 is 2.79 bits per heavy atom. The molecule has 19 heavy (non-hydrogen) atoms. The summed E-state index contributed by atoms with van der Waals surface area (Å²) < 4.78 is 5.13. The van der Waals surface area contributed by atoms with Gasteiger partial charge in [-0.05, 0) is 30.5 Å². The van der Waals surface area contributed by atoms with E-state index in [2.05, 4.69) is 5.32 Å². The monoisotopic (exact) mass is 263 g/mol. The van der Waals surface area contributed by atoms with Gasteiger partial charge in [0.1, 0.15) is 0 Å². The van der Waals surface area contributed by atoms with Crippen LogP contribution >= 0.6 is 0 Å². The van der Waals surface area contributed by atoms with E-state index in [9.17, 15) is 9.59 Å². The summed E-state index contributed by atoms with van der Waals surface area (Å²) in [7, 11) is 1.65. The lowest BCUT2D eigenvalue weighted by Gasteiger charge is -2.32. The molecule has 1 aliphatic carbocycles. The second kappa shape index (κ2) is 5.84. The summed E-state index contributed by atoms with van der Waals surface area (Å²) in [5.41, 5.74) is 1.32. The largest absolute Gasteiger partial charge is 0.481 e. The second-order valence-electron chi connectivity index (χ2n) is 4.79. The Kier molecular flexibility index (Phi) is 4.16. The van der Waals surface area contributed by atoms with Gasteiger partial charge in [-0.25, -0.2) is 0 Å². The summed E-state index contributed by atoms with van der Waals surface area (Å²) in [5.74, 6) is -0.917. The van der Waals surface area contributed by atoms with Crippen molar-refractivity contribution in [3.63, 3.8) is 0 Å². The van der Waals surface area contributed by atoms with Crippen molar-refractivity contribution in [3.8, 4) is 0 Å². The third kappa shape index (κ3) is 3.54. The molecule has 5 heteroatoms. The number of carboxylic acids is 1. The van der Waals surface area contributed by atoms with Gasteiger partial charge in [-0.3, -0.25) is 9.59 Å². The zero-order valence-electron chi connectivity index (χ0n) is 10.8. The van der Waals surface area contributed by atoms with Gasteiger partial charge < -0.3 is 15.2 Å². The SMILES string of the molecule is COC1CC(C(=O)Nc2cccc(CC(=O)O)c2)C1. The van der Waals surface area contributed by atoms with Crippen molar-refractivity contribution in [2.45, 2.75) is 25.4 Å². The van der Waals surface area contributed by atoms with Gasteiger partial charge in [-0.2, -0.15) is 0 Å². The highest BCUT2D eigenvalue weighted by Gasteiger charge is 2.34. The number of anilines is 1. The second-order valence-corrected chi connectivity index (χ2v) is 4.79. The molecule has 5 nitrogen and oxygen atoms in total. The third-order valence-corrected chi connectivity index (χ3v) is 3.35.